The van der Waals surface area contributed by atoms with Crippen molar-refractivity contribution in [3.8, 4) is 0 Å². The molecule has 1 aliphatic heterocycles. The Hall–Kier alpha value is -0.930. The standard InChI is InChI=1S/C16H25FN2/c1-2-13-5-4-9-19(12-13)10-8-16(18)14-6-3-7-15(17)11-14/h3,6-7,11,13,16H,2,4-5,8-10,12,18H2,1H3. The van der Waals surface area contributed by atoms with Gasteiger partial charge in [0.05, 0.1) is 0 Å². The van der Waals surface area contributed by atoms with Gasteiger partial charge in [-0.1, -0.05) is 25.5 Å². The quantitative estimate of drug-likeness (QED) is 0.884. The molecule has 0 amide bonds. The average Bonchev–Trinajstić information content (AvgIpc) is 2.45. The van der Waals surface area contributed by atoms with E-state index in [-0.39, 0.29) is 11.9 Å². The fourth-order valence-electron chi connectivity index (χ4n) is 2.91. The number of nitrogens with two attached hydrogens (primary N) is 1. The molecule has 1 aromatic rings. The van der Waals surface area contributed by atoms with E-state index in [4.69, 9.17) is 5.73 Å². The van der Waals surface area contributed by atoms with E-state index < -0.39 is 0 Å². The second-order valence-corrected chi connectivity index (χ2v) is 5.67. The van der Waals surface area contributed by atoms with Gasteiger partial charge in [0.2, 0.25) is 0 Å². The Kier molecular flexibility index (Phi) is 5.34. The summed E-state index contributed by atoms with van der Waals surface area (Å²) in [7, 11) is 0. The van der Waals surface area contributed by atoms with Gasteiger partial charge in [0.1, 0.15) is 5.82 Å². The first-order chi connectivity index (χ1) is 9.19. The molecule has 2 nitrogen and oxygen atoms in total. The van der Waals surface area contributed by atoms with E-state index in [1.807, 2.05) is 6.07 Å². The molecule has 0 saturated carbocycles. The molecule has 1 aliphatic rings. The zero-order chi connectivity index (χ0) is 13.7. The van der Waals surface area contributed by atoms with Crippen LogP contribution in [-0.4, -0.2) is 24.5 Å². The monoisotopic (exact) mass is 264 g/mol. The predicted molar refractivity (Wildman–Crippen MR) is 77.4 cm³/mol. The van der Waals surface area contributed by atoms with Crippen LogP contribution in [-0.2, 0) is 0 Å². The maximum absolute atomic E-state index is 13.2. The summed E-state index contributed by atoms with van der Waals surface area (Å²) in [4.78, 5) is 2.51. The fraction of sp³-hybridized carbons (Fsp3) is 0.625. The summed E-state index contributed by atoms with van der Waals surface area (Å²) < 4.78 is 13.2. The van der Waals surface area contributed by atoms with Crippen LogP contribution in [0.15, 0.2) is 24.3 Å². The molecule has 2 N–H and O–H groups in total. The highest BCUT2D eigenvalue weighted by Crippen LogP contribution is 2.21. The third-order valence-electron chi connectivity index (χ3n) is 4.21. The number of piperidine rings is 1. The van der Waals surface area contributed by atoms with E-state index in [0.717, 1.165) is 24.4 Å². The molecule has 106 valence electrons. The van der Waals surface area contributed by atoms with Gasteiger partial charge in [0, 0.05) is 12.6 Å². The molecule has 3 heteroatoms. The van der Waals surface area contributed by atoms with Crippen LogP contribution < -0.4 is 5.73 Å². The molecule has 1 fully saturated rings. The zero-order valence-corrected chi connectivity index (χ0v) is 11.8. The number of likely N-dealkylation sites (tertiary alicyclic amines) is 1. The molecule has 2 atom stereocenters. The first-order valence-electron chi connectivity index (χ1n) is 7.42. The number of hydrogen-bond acceptors (Lipinski definition) is 2. The molecule has 0 radical (unpaired) electrons. The van der Waals surface area contributed by atoms with Gasteiger partial charge in [0.25, 0.3) is 0 Å². The summed E-state index contributed by atoms with van der Waals surface area (Å²) >= 11 is 0. The third-order valence-corrected chi connectivity index (χ3v) is 4.21. The lowest BCUT2D eigenvalue weighted by molar-refractivity contribution is 0.167. The average molecular weight is 264 g/mol. The van der Waals surface area contributed by atoms with Crippen LogP contribution in [0.4, 0.5) is 4.39 Å². The molecule has 0 aliphatic carbocycles. The first-order valence-corrected chi connectivity index (χ1v) is 7.42. The maximum Gasteiger partial charge on any atom is 0.123 e. The number of nitrogens with zero attached hydrogens (tertiary/aromatic N) is 1. The zero-order valence-electron chi connectivity index (χ0n) is 11.8. The van der Waals surface area contributed by atoms with Crippen LogP contribution in [0.25, 0.3) is 0 Å². The fourth-order valence-corrected chi connectivity index (χ4v) is 2.91. The van der Waals surface area contributed by atoms with Crippen LogP contribution in [0, 0.1) is 11.7 Å². The van der Waals surface area contributed by atoms with E-state index in [1.165, 1.54) is 38.4 Å². The van der Waals surface area contributed by atoms with Crippen LogP contribution >= 0.6 is 0 Å². The molecular formula is C16H25FN2. The van der Waals surface area contributed by atoms with Gasteiger partial charge in [0.15, 0.2) is 0 Å². The van der Waals surface area contributed by atoms with E-state index in [1.54, 1.807) is 12.1 Å². The van der Waals surface area contributed by atoms with Crippen molar-refractivity contribution in [2.45, 2.75) is 38.6 Å². The van der Waals surface area contributed by atoms with Crippen molar-refractivity contribution in [3.05, 3.63) is 35.6 Å². The lowest BCUT2D eigenvalue weighted by atomic mass is 9.95. The Labute approximate surface area is 115 Å². The lowest BCUT2D eigenvalue weighted by Crippen LogP contribution is -2.36. The molecule has 1 heterocycles. The second kappa shape index (κ2) is 7.01. The molecular weight excluding hydrogens is 239 g/mol. The van der Waals surface area contributed by atoms with Gasteiger partial charge in [-0.15, -0.1) is 0 Å². The molecule has 2 unspecified atom stereocenters. The minimum Gasteiger partial charge on any atom is -0.324 e. The molecule has 0 aromatic heterocycles. The number of hydrogen-bond donors (Lipinski definition) is 1. The summed E-state index contributed by atoms with van der Waals surface area (Å²) in [6.07, 6.45) is 4.84. The highest BCUT2D eigenvalue weighted by Gasteiger charge is 2.19. The molecule has 1 aromatic carbocycles. The Balaban J connectivity index is 1.81. The molecule has 0 bridgehead atoms. The van der Waals surface area contributed by atoms with E-state index >= 15 is 0 Å². The summed E-state index contributed by atoms with van der Waals surface area (Å²) in [5.74, 6) is 0.649. The predicted octanol–water partition coefficient (Wildman–Crippen LogP) is 3.34. The Morgan fingerprint density at radius 1 is 1.47 bits per heavy atom. The number of rotatable bonds is 5. The lowest BCUT2D eigenvalue weighted by Gasteiger charge is -2.32. The van der Waals surface area contributed by atoms with Crippen LogP contribution in [0.1, 0.15) is 44.2 Å². The highest BCUT2D eigenvalue weighted by atomic mass is 19.1. The van der Waals surface area contributed by atoms with Crippen molar-refractivity contribution in [1.82, 2.24) is 4.90 Å². The Morgan fingerprint density at radius 2 is 2.32 bits per heavy atom. The SMILES string of the molecule is CCC1CCCN(CCC(N)c2cccc(F)c2)C1. The van der Waals surface area contributed by atoms with Crippen molar-refractivity contribution in [1.29, 1.82) is 0 Å². The number of halogens is 1. The van der Waals surface area contributed by atoms with Gasteiger partial charge in [-0.3, -0.25) is 0 Å². The topological polar surface area (TPSA) is 29.3 Å². The van der Waals surface area contributed by atoms with Gasteiger partial charge in [-0.25, -0.2) is 4.39 Å². The van der Waals surface area contributed by atoms with Crippen LogP contribution in [0.2, 0.25) is 0 Å². The van der Waals surface area contributed by atoms with Crippen molar-refractivity contribution in [2.75, 3.05) is 19.6 Å². The summed E-state index contributed by atoms with van der Waals surface area (Å²) in [5, 5.41) is 0. The normalized spacial score (nSPS) is 22.4. The van der Waals surface area contributed by atoms with Crippen molar-refractivity contribution in [3.63, 3.8) is 0 Å². The molecule has 19 heavy (non-hydrogen) atoms. The third kappa shape index (κ3) is 4.29. The van der Waals surface area contributed by atoms with Crippen LogP contribution in [0.5, 0.6) is 0 Å². The maximum atomic E-state index is 13.2. The summed E-state index contributed by atoms with van der Waals surface area (Å²) in [6, 6.07) is 6.61. The van der Waals surface area contributed by atoms with Gasteiger partial charge >= 0.3 is 0 Å². The molecule has 1 saturated heterocycles. The smallest absolute Gasteiger partial charge is 0.123 e. The summed E-state index contributed by atoms with van der Waals surface area (Å²) in [5.41, 5.74) is 7.06. The minimum absolute atomic E-state index is 0.0577. The molecule has 2 rings (SSSR count). The van der Waals surface area contributed by atoms with Crippen molar-refractivity contribution in [2.24, 2.45) is 11.7 Å². The van der Waals surface area contributed by atoms with Gasteiger partial charge in [-0.2, -0.15) is 0 Å². The van der Waals surface area contributed by atoms with E-state index in [0.29, 0.717) is 0 Å². The van der Waals surface area contributed by atoms with E-state index in [9.17, 15) is 4.39 Å². The first kappa shape index (κ1) is 14.5. The molecule has 0 spiro atoms. The summed E-state index contributed by atoms with van der Waals surface area (Å²) in [6.45, 7) is 5.68. The van der Waals surface area contributed by atoms with Crippen LogP contribution in [0.3, 0.4) is 0 Å². The van der Waals surface area contributed by atoms with Crippen molar-refractivity contribution >= 4 is 0 Å². The number of benzene rings is 1. The second-order valence-electron chi connectivity index (χ2n) is 5.67. The Morgan fingerprint density at radius 3 is 3.05 bits per heavy atom. The van der Waals surface area contributed by atoms with Gasteiger partial charge < -0.3 is 10.6 Å². The van der Waals surface area contributed by atoms with Crippen molar-refractivity contribution < 1.29 is 4.39 Å². The Bertz CT molecular complexity index is 394. The highest BCUT2D eigenvalue weighted by molar-refractivity contribution is 5.19. The van der Waals surface area contributed by atoms with E-state index in [2.05, 4.69) is 11.8 Å². The largest absolute Gasteiger partial charge is 0.324 e. The van der Waals surface area contributed by atoms with Gasteiger partial charge in [-0.05, 0) is 56.0 Å². The minimum atomic E-state index is -0.197.